The zero-order valence-electron chi connectivity index (χ0n) is 10.5. The number of hydrogen-bond acceptors (Lipinski definition) is 4. The lowest BCUT2D eigenvalue weighted by atomic mass is 10.2. The third-order valence-electron chi connectivity index (χ3n) is 2.52. The fourth-order valence-corrected chi connectivity index (χ4v) is 2.80. The summed E-state index contributed by atoms with van der Waals surface area (Å²) < 4.78 is 27.5. The smallest absolute Gasteiger partial charge is 0.263 e. The van der Waals surface area contributed by atoms with Crippen LogP contribution in [0.3, 0.4) is 0 Å². The summed E-state index contributed by atoms with van der Waals surface area (Å²) in [7, 11) is -3.76. The quantitative estimate of drug-likeness (QED) is 0.856. The van der Waals surface area contributed by atoms with Gasteiger partial charge in [-0.25, -0.2) is 13.4 Å². The average Bonchev–Trinajstić information content (AvgIpc) is 2.41. The molecule has 1 aromatic carbocycles. The average molecular weight is 355 g/mol. The number of ketones is 1. The number of pyridine rings is 1. The molecule has 0 saturated carbocycles. The molecule has 0 aliphatic rings. The molecular formula is C13H11BrN2O3S. The van der Waals surface area contributed by atoms with Crippen molar-refractivity contribution < 1.29 is 13.2 Å². The number of hydrogen-bond donors (Lipinski definition) is 1. The normalized spacial score (nSPS) is 11.1. The molecule has 104 valence electrons. The summed E-state index contributed by atoms with van der Waals surface area (Å²) in [5.41, 5.74) is 0.344. The molecule has 0 aliphatic heterocycles. The third-order valence-corrected chi connectivity index (χ3v) is 4.34. The first-order chi connectivity index (χ1) is 9.38. The first-order valence-corrected chi connectivity index (χ1v) is 7.91. The van der Waals surface area contributed by atoms with Crippen molar-refractivity contribution in [3.05, 3.63) is 52.6 Å². The van der Waals surface area contributed by atoms with Gasteiger partial charge in [0.05, 0.1) is 4.90 Å². The highest BCUT2D eigenvalue weighted by molar-refractivity contribution is 9.10. The van der Waals surface area contributed by atoms with E-state index < -0.39 is 10.0 Å². The van der Waals surface area contributed by atoms with Gasteiger partial charge in [0.1, 0.15) is 5.82 Å². The van der Waals surface area contributed by atoms with Crippen LogP contribution in [0, 0.1) is 0 Å². The Hall–Kier alpha value is -1.73. The zero-order chi connectivity index (χ0) is 14.8. The van der Waals surface area contributed by atoms with Crippen LogP contribution in [0.25, 0.3) is 0 Å². The molecule has 2 rings (SSSR count). The van der Waals surface area contributed by atoms with Crippen LogP contribution in [0.4, 0.5) is 5.82 Å². The van der Waals surface area contributed by atoms with E-state index >= 15 is 0 Å². The molecule has 1 N–H and O–H groups in total. The molecule has 0 fully saturated rings. The minimum atomic E-state index is -3.76. The number of Topliss-reactive ketones (excluding diaryl/α,β-unsaturated/α-hetero) is 1. The van der Waals surface area contributed by atoms with Gasteiger partial charge in [0.25, 0.3) is 10.0 Å². The van der Waals surface area contributed by atoms with E-state index in [1.807, 2.05) is 0 Å². The van der Waals surface area contributed by atoms with Crippen LogP contribution < -0.4 is 4.72 Å². The molecule has 0 amide bonds. The van der Waals surface area contributed by atoms with E-state index in [1.165, 1.54) is 37.4 Å². The van der Waals surface area contributed by atoms with E-state index in [9.17, 15) is 13.2 Å². The van der Waals surface area contributed by atoms with Crippen LogP contribution in [0.15, 0.2) is 52.0 Å². The second-order valence-electron chi connectivity index (χ2n) is 4.05. The lowest BCUT2D eigenvalue weighted by Crippen LogP contribution is -2.14. The Morgan fingerprint density at radius 2 is 2.00 bits per heavy atom. The molecule has 0 bridgehead atoms. The fourth-order valence-electron chi connectivity index (χ4n) is 1.52. The lowest BCUT2D eigenvalue weighted by molar-refractivity contribution is 0.101. The molecule has 0 atom stereocenters. The molecule has 0 radical (unpaired) electrons. The zero-order valence-corrected chi connectivity index (χ0v) is 12.9. The van der Waals surface area contributed by atoms with Gasteiger partial charge < -0.3 is 0 Å². The largest absolute Gasteiger partial charge is 0.295 e. The van der Waals surface area contributed by atoms with Gasteiger partial charge in [-0.3, -0.25) is 9.52 Å². The van der Waals surface area contributed by atoms with E-state index in [1.54, 1.807) is 12.1 Å². The number of benzene rings is 1. The number of nitrogens with zero attached hydrogens (tertiary/aromatic N) is 1. The molecule has 5 nitrogen and oxygen atoms in total. The van der Waals surface area contributed by atoms with Gasteiger partial charge in [-0.15, -0.1) is 0 Å². The van der Waals surface area contributed by atoms with Gasteiger partial charge >= 0.3 is 0 Å². The Morgan fingerprint density at radius 1 is 1.25 bits per heavy atom. The Kier molecular flexibility index (Phi) is 4.20. The summed E-state index contributed by atoms with van der Waals surface area (Å²) in [5.74, 6) is 0.0187. The standard InChI is InChI=1S/C13H11BrN2O3S/c1-9(17)10-3-2-4-12(7-10)20(18,19)16-13-6-5-11(14)8-15-13/h2-8H,1H3,(H,15,16). The number of carbonyl (C=O) groups is 1. The maximum Gasteiger partial charge on any atom is 0.263 e. The summed E-state index contributed by atoms with van der Waals surface area (Å²) in [5, 5.41) is 0. The summed E-state index contributed by atoms with van der Waals surface area (Å²) in [6, 6.07) is 9.07. The first-order valence-electron chi connectivity index (χ1n) is 5.64. The van der Waals surface area contributed by atoms with Gasteiger partial charge in [0, 0.05) is 16.2 Å². The summed E-state index contributed by atoms with van der Waals surface area (Å²) in [6.45, 7) is 1.38. The van der Waals surface area contributed by atoms with Crippen molar-refractivity contribution in [1.82, 2.24) is 4.98 Å². The minimum Gasteiger partial charge on any atom is -0.295 e. The number of nitrogens with one attached hydrogen (secondary N) is 1. The lowest BCUT2D eigenvalue weighted by Gasteiger charge is -2.08. The highest BCUT2D eigenvalue weighted by atomic mass is 79.9. The van der Waals surface area contributed by atoms with Crippen molar-refractivity contribution in [2.24, 2.45) is 0 Å². The number of rotatable bonds is 4. The van der Waals surface area contributed by atoms with Crippen molar-refractivity contribution in [2.75, 3.05) is 4.72 Å². The molecule has 0 aliphatic carbocycles. The number of anilines is 1. The number of aromatic nitrogens is 1. The third kappa shape index (κ3) is 3.43. The maximum absolute atomic E-state index is 12.2. The van der Waals surface area contributed by atoms with Gasteiger partial charge in [0.2, 0.25) is 0 Å². The maximum atomic E-state index is 12.2. The molecule has 7 heteroatoms. The Bertz CT molecular complexity index is 742. The summed E-state index contributed by atoms with van der Waals surface area (Å²) in [4.78, 5) is 15.3. The van der Waals surface area contributed by atoms with Crippen LogP contribution in [-0.4, -0.2) is 19.2 Å². The molecule has 0 spiro atoms. The molecule has 1 heterocycles. The number of carbonyl (C=O) groups excluding carboxylic acids is 1. The van der Waals surface area contributed by atoms with Crippen molar-refractivity contribution >= 4 is 37.6 Å². The van der Waals surface area contributed by atoms with E-state index in [4.69, 9.17) is 0 Å². The summed E-state index contributed by atoms with van der Waals surface area (Å²) in [6.07, 6.45) is 1.49. The van der Waals surface area contributed by atoms with Gasteiger partial charge in [-0.2, -0.15) is 0 Å². The fraction of sp³-hybridized carbons (Fsp3) is 0.0769. The molecular weight excluding hydrogens is 344 g/mol. The SMILES string of the molecule is CC(=O)c1cccc(S(=O)(=O)Nc2ccc(Br)cn2)c1. The van der Waals surface area contributed by atoms with Crippen LogP contribution in [0.5, 0.6) is 0 Å². The number of sulfonamides is 1. The van der Waals surface area contributed by atoms with Crippen LogP contribution >= 0.6 is 15.9 Å². The highest BCUT2D eigenvalue weighted by Gasteiger charge is 2.16. The second kappa shape index (κ2) is 5.72. The molecule has 0 saturated heterocycles. The van der Waals surface area contributed by atoms with E-state index in [0.717, 1.165) is 4.47 Å². The van der Waals surface area contributed by atoms with Crippen molar-refractivity contribution in [3.63, 3.8) is 0 Å². The predicted octanol–water partition coefficient (Wildman–Crippen LogP) is 2.85. The van der Waals surface area contributed by atoms with Crippen molar-refractivity contribution in [3.8, 4) is 0 Å². The van der Waals surface area contributed by atoms with E-state index in [0.29, 0.717) is 5.56 Å². The molecule has 1 aromatic heterocycles. The number of halogens is 1. The monoisotopic (exact) mass is 354 g/mol. The van der Waals surface area contributed by atoms with Crippen molar-refractivity contribution in [2.45, 2.75) is 11.8 Å². The predicted molar refractivity (Wildman–Crippen MR) is 79.2 cm³/mol. The van der Waals surface area contributed by atoms with Crippen molar-refractivity contribution in [1.29, 1.82) is 0 Å². The van der Waals surface area contributed by atoms with Gasteiger partial charge in [0.15, 0.2) is 5.78 Å². The van der Waals surface area contributed by atoms with Gasteiger partial charge in [-0.1, -0.05) is 12.1 Å². The Morgan fingerprint density at radius 3 is 2.60 bits per heavy atom. The van der Waals surface area contributed by atoms with Crippen LogP contribution in [0.1, 0.15) is 17.3 Å². The Labute approximate surface area is 125 Å². The molecule has 20 heavy (non-hydrogen) atoms. The van der Waals surface area contributed by atoms with Crippen LogP contribution in [0.2, 0.25) is 0 Å². The first kappa shape index (κ1) is 14.7. The van der Waals surface area contributed by atoms with Crippen LogP contribution in [-0.2, 0) is 10.0 Å². The highest BCUT2D eigenvalue weighted by Crippen LogP contribution is 2.17. The van der Waals surface area contributed by atoms with Gasteiger partial charge in [-0.05, 0) is 47.1 Å². The topological polar surface area (TPSA) is 76.1 Å². The molecule has 0 unspecified atom stereocenters. The summed E-state index contributed by atoms with van der Waals surface area (Å²) >= 11 is 3.22. The minimum absolute atomic E-state index is 0.0231. The van der Waals surface area contributed by atoms with E-state index in [2.05, 4.69) is 25.6 Å². The second-order valence-corrected chi connectivity index (χ2v) is 6.65. The van der Waals surface area contributed by atoms with E-state index in [-0.39, 0.29) is 16.5 Å². The Balaban J connectivity index is 2.33. The molecule has 2 aromatic rings.